The first kappa shape index (κ1) is 21.5. The Hall–Kier alpha value is -1.24. The highest BCUT2D eigenvalue weighted by molar-refractivity contribution is 7.98. The van der Waals surface area contributed by atoms with Gasteiger partial charge < -0.3 is 5.32 Å². The lowest BCUT2D eigenvalue weighted by Crippen LogP contribution is -2.50. The van der Waals surface area contributed by atoms with E-state index in [1.807, 2.05) is 6.26 Å². The van der Waals surface area contributed by atoms with Crippen molar-refractivity contribution in [3.05, 3.63) is 33.8 Å². The maximum atomic E-state index is 12.9. The molecule has 1 N–H and O–H groups in total. The number of carbonyl (C=O) groups is 3. The molecular weight excluding hydrogens is 419 g/mol. The molecule has 1 aliphatic heterocycles. The van der Waals surface area contributed by atoms with Gasteiger partial charge in [-0.15, -0.1) is 0 Å². The first-order chi connectivity index (χ1) is 13.4. The summed E-state index contributed by atoms with van der Waals surface area (Å²) in [6.45, 7) is 0.216. The molecule has 0 radical (unpaired) electrons. The maximum absolute atomic E-state index is 12.9. The second-order valence-electron chi connectivity index (χ2n) is 7.29. The van der Waals surface area contributed by atoms with Crippen molar-refractivity contribution in [2.24, 2.45) is 11.8 Å². The molecule has 28 heavy (non-hydrogen) atoms. The number of imide groups is 1. The first-order valence-corrected chi connectivity index (χ1v) is 11.7. The normalized spacial score (nSPS) is 22.9. The monoisotopic (exact) mass is 442 g/mol. The molecule has 1 aromatic rings. The van der Waals surface area contributed by atoms with Crippen molar-refractivity contribution in [3.8, 4) is 0 Å². The van der Waals surface area contributed by atoms with Gasteiger partial charge in [-0.2, -0.15) is 11.8 Å². The van der Waals surface area contributed by atoms with Crippen LogP contribution in [0.4, 0.5) is 0 Å². The van der Waals surface area contributed by atoms with E-state index in [4.69, 9.17) is 23.2 Å². The van der Waals surface area contributed by atoms with Crippen LogP contribution in [0.5, 0.6) is 0 Å². The molecule has 3 rings (SSSR count). The highest BCUT2D eigenvalue weighted by Crippen LogP contribution is 2.39. The lowest BCUT2D eigenvalue weighted by atomic mass is 9.81. The fraction of sp³-hybridized carbons (Fsp3) is 0.550. The van der Waals surface area contributed by atoms with Crippen LogP contribution in [0.25, 0.3) is 0 Å². The Bertz CT molecular complexity index is 750. The third-order valence-corrected chi connectivity index (χ3v) is 6.78. The van der Waals surface area contributed by atoms with Gasteiger partial charge in [0.1, 0.15) is 6.04 Å². The first-order valence-electron chi connectivity index (χ1n) is 9.51. The minimum atomic E-state index is -0.774. The van der Waals surface area contributed by atoms with Gasteiger partial charge >= 0.3 is 0 Å². The zero-order chi connectivity index (χ0) is 20.3. The molecule has 1 heterocycles. The summed E-state index contributed by atoms with van der Waals surface area (Å²) < 4.78 is 0. The number of likely N-dealkylation sites (tertiary alicyclic amines) is 1. The number of hydrogen-bond donors (Lipinski definition) is 1. The second-order valence-corrected chi connectivity index (χ2v) is 9.12. The fourth-order valence-electron chi connectivity index (χ4n) is 4.07. The zero-order valence-electron chi connectivity index (χ0n) is 15.7. The number of benzene rings is 1. The zero-order valence-corrected chi connectivity index (χ0v) is 18.1. The van der Waals surface area contributed by atoms with Crippen molar-refractivity contribution in [1.29, 1.82) is 0 Å². The van der Waals surface area contributed by atoms with Crippen LogP contribution in [-0.2, 0) is 20.9 Å². The molecule has 2 fully saturated rings. The maximum Gasteiger partial charge on any atom is 0.243 e. The smallest absolute Gasteiger partial charge is 0.243 e. The Morgan fingerprint density at radius 2 is 1.86 bits per heavy atom. The molecule has 0 bridgehead atoms. The summed E-state index contributed by atoms with van der Waals surface area (Å²) in [6, 6.07) is 4.30. The molecule has 5 nitrogen and oxygen atoms in total. The van der Waals surface area contributed by atoms with Gasteiger partial charge in [0, 0.05) is 16.6 Å². The standard InChI is InChI=1S/C20H24Cl2N2O3S/c1-28-9-8-17(18(25)23-11-12-6-7-13(21)10-16(12)22)24-19(26)14-4-2-3-5-15(14)20(24)27/h6-7,10,14-15,17H,2-5,8-9,11H2,1H3,(H,23,25)/t14-,15-,17-/m1/s1. The van der Waals surface area contributed by atoms with Crippen LogP contribution in [0.3, 0.4) is 0 Å². The quantitative estimate of drug-likeness (QED) is 0.649. The summed E-state index contributed by atoms with van der Waals surface area (Å²) in [6.07, 6.45) is 5.79. The Balaban J connectivity index is 1.74. The summed E-state index contributed by atoms with van der Waals surface area (Å²) in [4.78, 5) is 40.0. The van der Waals surface area contributed by atoms with Crippen molar-refractivity contribution in [1.82, 2.24) is 10.2 Å². The number of hydrogen-bond acceptors (Lipinski definition) is 4. The molecule has 1 aromatic carbocycles. The van der Waals surface area contributed by atoms with Gasteiger partial charge in [-0.1, -0.05) is 42.1 Å². The summed E-state index contributed by atoms with van der Waals surface area (Å²) in [5.74, 6) is -0.499. The number of thioether (sulfide) groups is 1. The highest BCUT2D eigenvalue weighted by atomic mass is 35.5. The second kappa shape index (κ2) is 9.51. The molecule has 0 spiro atoms. The molecule has 2 aliphatic rings. The van der Waals surface area contributed by atoms with E-state index in [0.29, 0.717) is 22.2 Å². The van der Waals surface area contributed by atoms with Gasteiger partial charge in [0.05, 0.1) is 11.8 Å². The van der Waals surface area contributed by atoms with Gasteiger partial charge in [-0.3, -0.25) is 19.3 Å². The van der Waals surface area contributed by atoms with Crippen LogP contribution >= 0.6 is 35.0 Å². The topological polar surface area (TPSA) is 66.5 Å². The summed E-state index contributed by atoms with van der Waals surface area (Å²) in [5, 5.41) is 3.83. The molecule has 0 aromatic heterocycles. The SMILES string of the molecule is CSCC[C@H](C(=O)NCc1ccc(Cl)cc1Cl)N1C(=O)[C@@H]2CCCC[C@H]2C1=O. The summed E-state index contributed by atoms with van der Waals surface area (Å²) >= 11 is 13.7. The third-order valence-electron chi connectivity index (χ3n) is 5.55. The van der Waals surface area contributed by atoms with E-state index >= 15 is 0 Å². The number of fused-ring (bicyclic) bond motifs is 1. The van der Waals surface area contributed by atoms with Crippen molar-refractivity contribution < 1.29 is 14.4 Å². The van der Waals surface area contributed by atoms with Crippen LogP contribution in [0.2, 0.25) is 10.0 Å². The Kier molecular flexibility index (Phi) is 7.29. The third kappa shape index (κ3) is 4.50. The molecule has 1 aliphatic carbocycles. The van der Waals surface area contributed by atoms with E-state index in [1.165, 1.54) is 4.90 Å². The summed E-state index contributed by atoms with van der Waals surface area (Å²) in [5.41, 5.74) is 0.732. The van der Waals surface area contributed by atoms with E-state index < -0.39 is 6.04 Å². The average Bonchev–Trinajstić information content (AvgIpc) is 2.93. The molecule has 3 atom stereocenters. The van der Waals surface area contributed by atoms with E-state index in [2.05, 4.69) is 5.32 Å². The molecular formula is C20H24Cl2N2O3S. The fourth-order valence-corrected chi connectivity index (χ4v) is 5.00. The van der Waals surface area contributed by atoms with Gasteiger partial charge in [-0.05, 0) is 49.0 Å². The molecule has 1 saturated heterocycles. The number of nitrogens with zero attached hydrogens (tertiary/aromatic N) is 1. The van der Waals surface area contributed by atoms with Crippen molar-refractivity contribution in [3.63, 3.8) is 0 Å². The number of rotatable bonds is 7. The molecule has 152 valence electrons. The van der Waals surface area contributed by atoms with Gasteiger partial charge in [0.25, 0.3) is 0 Å². The molecule has 1 saturated carbocycles. The molecule has 3 amide bonds. The highest BCUT2D eigenvalue weighted by Gasteiger charge is 2.51. The number of nitrogens with one attached hydrogen (secondary N) is 1. The number of carbonyl (C=O) groups excluding carboxylic acids is 3. The van der Waals surface area contributed by atoms with Crippen LogP contribution in [0.1, 0.15) is 37.7 Å². The van der Waals surface area contributed by atoms with E-state index in [9.17, 15) is 14.4 Å². The van der Waals surface area contributed by atoms with Crippen molar-refractivity contribution >= 4 is 52.7 Å². The van der Waals surface area contributed by atoms with E-state index in [-0.39, 0.29) is 36.1 Å². The Morgan fingerprint density at radius 1 is 1.21 bits per heavy atom. The van der Waals surface area contributed by atoms with Gasteiger partial charge in [0.15, 0.2) is 0 Å². The minimum absolute atomic E-state index is 0.180. The number of amides is 3. The predicted octanol–water partition coefficient (Wildman–Crippen LogP) is 3.91. The number of halogens is 2. The van der Waals surface area contributed by atoms with Gasteiger partial charge in [0.2, 0.25) is 17.7 Å². The predicted molar refractivity (Wildman–Crippen MR) is 112 cm³/mol. The van der Waals surface area contributed by atoms with E-state index in [0.717, 1.165) is 31.2 Å². The average molecular weight is 443 g/mol. The Labute approximate surface area is 179 Å². The van der Waals surface area contributed by atoms with Crippen LogP contribution in [0.15, 0.2) is 18.2 Å². The van der Waals surface area contributed by atoms with Crippen LogP contribution in [-0.4, -0.2) is 40.7 Å². The minimum Gasteiger partial charge on any atom is -0.350 e. The van der Waals surface area contributed by atoms with Crippen molar-refractivity contribution in [2.75, 3.05) is 12.0 Å². The van der Waals surface area contributed by atoms with Crippen molar-refractivity contribution in [2.45, 2.75) is 44.7 Å². The lowest BCUT2D eigenvalue weighted by molar-refractivity contribution is -0.148. The largest absolute Gasteiger partial charge is 0.350 e. The molecule has 0 unspecified atom stereocenters. The van der Waals surface area contributed by atoms with Crippen LogP contribution < -0.4 is 5.32 Å². The molecule has 8 heteroatoms. The summed E-state index contributed by atoms with van der Waals surface area (Å²) in [7, 11) is 0. The van der Waals surface area contributed by atoms with Crippen LogP contribution in [0, 0.1) is 11.8 Å². The Morgan fingerprint density at radius 3 is 2.43 bits per heavy atom. The van der Waals surface area contributed by atoms with Gasteiger partial charge in [-0.25, -0.2) is 0 Å². The lowest BCUT2D eigenvalue weighted by Gasteiger charge is -2.26. The van der Waals surface area contributed by atoms with E-state index in [1.54, 1.807) is 30.0 Å².